The highest BCUT2D eigenvalue weighted by Gasteiger charge is 2.32. The number of hydrogen-bond acceptors (Lipinski definition) is 5. The van der Waals surface area contributed by atoms with E-state index in [1.165, 1.54) is 28.4 Å². The number of carbonyl (C=O) groups excluding carboxylic acids is 2. The number of aromatic nitrogens is 2. The Balaban J connectivity index is 1.50. The third-order valence-corrected chi connectivity index (χ3v) is 6.61. The maximum atomic E-state index is 13.4. The molecule has 1 heterocycles. The Morgan fingerprint density at radius 2 is 1.62 bits per heavy atom. The van der Waals surface area contributed by atoms with E-state index < -0.39 is 29.6 Å². The first-order chi connectivity index (χ1) is 17.7. The number of benzene rings is 3. The molecule has 0 radical (unpaired) electrons. The Hall–Kier alpha value is -4.05. The third kappa shape index (κ3) is 6.59. The maximum absolute atomic E-state index is 13.4. The minimum absolute atomic E-state index is 0.0126. The van der Waals surface area contributed by atoms with E-state index in [1.54, 1.807) is 6.92 Å². The third-order valence-electron chi connectivity index (χ3n) is 5.72. The molecule has 4 aromatic rings. The lowest BCUT2D eigenvalue weighted by atomic mass is 10.0. The van der Waals surface area contributed by atoms with Crippen LogP contribution in [-0.4, -0.2) is 33.5 Å². The topological polar surface area (TPSA) is 75.2 Å². The molecule has 0 bridgehead atoms. The van der Waals surface area contributed by atoms with Gasteiger partial charge in [0, 0.05) is 24.1 Å². The largest absolute Gasteiger partial charge is 0.416 e. The number of halogens is 3. The molecule has 0 unspecified atom stereocenters. The number of hydrogen-bond donors (Lipinski definition) is 1. The SMILES string of the molecule is C[C@@H](c1ccccc1)N(CCC(=O)Nc1nnc(-c2ccccc2)s1)C(=O)c1cccc(C(F)(F)F)c1. The first-order valence-corrected chi connectivity index (χ1v) is 12.3. The van der Waals surface area contributed by atoms with Gasteiger partial charge in [0.2, 0.25) is 11.0 Å². The Bertz CT molecular complexity index is 1360. The molecule has 3 aromatic carbocycles. The molecule has 1 aromatic heterocycles. The molecule has 1 N–H and O–H groups in total. The number of amides is 2. The van der Waals surface area contributed by atoms with E-state index in [0.717, 1.165) is 23.3 Å². The minimum atomic E-state index is -4.58. The lowest BCUT2D eigenvalue weighted by Crippen LogP contribution is -2.36. The van der Waals surface area contributed by atoms with E-state index >= 15 is 0 Å². The molecule has 0 aliphatic rings. The van der Waals surface area contributed by atoms with Crippen molar-refractivity contribution in [2.24, 2.45) is 0 Å². The van der Waals surface area contributed by atoms with Crippen LogP contribution in [0.3, 0.4) is 0 Å². The minimum Gasteiger partial charge on any atom is -0.331 e. The fraction of sp³-hybridized carbons (Fsp3) is 0.185. The van der Waals surface area contributed by atoms with Crippen molar-refractivity contribution < 1.29 is 22.8 Å². The van der Waals surface area contributed by atoms with Crippen molar-refractivity contribution in [3.05, 3.63) is 102 Å². The molecule has 2 amide bonds. The van der Waals surface area contributed by atoms with Gasteiger partial charge >= 0.3 is 6.18 Å². The molecule has 0 saturated heterocycles. The second kappa shape index (κ2) is 11.3. The second-order valence-corrected chi connectivity index (χ2v) is 9.22. The molecule has 190 valence electrons. The molecule has 10 heteroatoms. The zero-order valence-electron chi connectivity index (χ0n) is 19.8. The highest BCUT2D eigenvalue weighted by Crippen LogP contribution is 2.31. The van der Waals surface area contributed by atoms with E-state index in [4.69, 9.17) is 0 Å². The first-order valence-electron chi connectivity index (χ1n) is 11.4. The van der Waals surface area contributed by atoms with Crippen molar-refractivity contribution in [1.29, 1.82) is 0 Å². The van der Waals surface area contributed by atoms with Gasteiger partial charge in [-0.3, -0.25) is 9.59 Å². The molecule has 0 spiro atoms. The Kier molecular flexibility index (Phi) is 7.98. The van der Waals surface area contributed by atoms with Crippen LogP contribution in [0.5, 0.6) is 0 Å². The predicted molar refractivity (Wildman–Crippen MR) is 136 cm³/mol. The number of nitrogens with zero attached hydrogens (tertiary/aromatic N) is 3. The molecular weight excluding hydrogens is 501 g/mol. The van der Waals surface area contributed by atoms with Crippen LogP contribution in [-0.2, 0) is 11.0 Å². The van der Waals surface area contributed by atoms with Crippen LogP contribution in [0.2, 0.25) is 0 Å². The van der Waals surface area contributed by atoms with Gasteiger partial charge in [-0.15, -0.1) is 10.2 Å². The van der Waals surface area contributed by atoms with E-state index in [1.807, 2.05) is 60.7 Å². The smallest absolute Gasteiger partial charge is 0.331 e. The standard InChI is InChI=1S/C27H23F3N4O2S/c1-18(19-9-4-2-5-10-19)34(25(36)21-13-8-14-22(17-21)27(28,29)30)16-15-23(35)31-26-33-32-24(37-26)20-11-6-3-7-12-20/h2-14,17-18H,15-16H2,1H3,(H,31,33,35)/t18-/m0/s1. The summed E-state index contributed by atoms with van der Waals surface area (Å²) in [6.45, 7) is 1.76. The summed E-state index contributed by atoms with van der Waals surface area (Å²) in [6, 6.07) is 22.3. The second-order valence-electron chi connectivity index (χ2n) is 8.24. The maximum Gasteiger partial charge on any atom is 0.416 e. The molecule has 4 rings (SSSR count). The molecule has 0 aliphatic heterocycles. The van der Waals surface area contributed by atoms with Crippen molar-refractivity contribution in [1.82, 2.24) is 15.1 Å². The van der Waals surface area contributed by atoms with Crippen LogP contribution in [0.1, 0.15) is 40.9 Å². The summed E-state index contributed by atoms with van der Waals surface area (Å²) in [5.41, 5.74) is 0.651. The molecule has 0 aliphatic carbocycles. The summed E-state index contributed by atoms with van der Waals surface area (Å²) < 4.78 is 39.7. The lowest BCUT2D eigenvalue weighted by molar-refractivity contribution is -0.137. The average Bonchev–Trinajstić information content (AvgIpc) is 3.37. The highest BCUT2D eigenvalue weighted by molar-refractivity contribution is 7.18. The van der Waals surface area contributed by atoms with Gasteiger partial charge in [0.1, 0.15) is 5.01 Å². The van der Waals surface area contributed by atoms with Crippen molar-refractivity contribution in [2.75, 3.05) is 11.9 Å². The van der Waals surface area contributed by atoms with Gasteiger partial charge in [0.05, 0.1) is 11.6 Å². The molecule has 0 fully saturated rings. The lowest BCUT2D eigenvalue weighted by Gasteiger charge is -2.30. The molecule has 0 saturated carbocycles. The van der Waals surface area contributed by atoms with Gasteiger partial charge in [0.25, 0.3) is 5.91 Å². The van der Waals surface area contributed by atoms with Crippen LogP contribution >= 0.6 is 11.3 Å². The van der Waals surface area contributed by atoms with Crippen LogP contribution in [0.25, 0.3) is 10.6 Å². The van der Waals surface area contributed by atoms with Crippen LogP contribution < -0.4 is 5.32 Å². The average molecular weight is 525 g/mol. The summed E-state index contributed by atoms with van der Waals surface area (Å²) >= 11 is 1.22. The quantitative estimate of drug-likeness (QED) is 0.287. The number of rotatable bonds is 8. The van der Waals surface area contributed by atoms with E-state index in [0.29, 0.717) is 10.1 Å². The van der Waals surface area contributed by atoms with Crippen LogP contribution in [0, 0.1) is 0 Å². The van der Waals surface area contributed by atoms with E-state index in [9.17, 15) is 22.8 Å². The van der Waals surface area contributed by atoms with Gasteiger partial charge in [0.15, 0.2) is 0 Å². The van der Waals surface area contributed by atoms with Crippen molar-refractivity contribution in [3.63, 3.8) is 0 Å². The molecule has 6 nitrogen and oxygen atoms in total. The number of alkyl halides is 3. The molecule has 37 heavy (non-hydrogen) atoms. The zero-order chi connectivity index (χ0) is 26.4. The van der Waals surface area contributed by atoms with Gasteiger partial charge in [-0.05, 0) is 30.7 Å². The normalized spacial score (nSPS) is 12.1. The van der Waals surface area contributed by atoms with Gasteiger partial charge < -0.3 is 10.2 Å². The number of nitrogens with one attached hydrogen (secondary N) is 1. The van der Waals surface area contributed by atoms with Gasteiger partial charge in [-0.25, -0.2) is 0 Å². The van der Waals surface area contributed by atoms with Crippen LogP contribution in [0.15, 0.2) is 84.9 Å². The van der Waals surface area contributed by atoms with Gasteiger partial charge in [-0.2, -0.15) is 13.2 Å². The van der Waals surface area contributed by atoms with Crippen molar-refractivity contribution in [3.8, 4) is 10.6 Å². The zero-order valence-corrected chi connectivity index (χ0v) is 20.6. The van der Waals surface area contributed by atoms with Crippen molar-refractivity contribution >= 4 is 28.3 Å². The summed E-state index contributed by atoms with van der Waals surface area (Å²) in [4.78, 5) is 27.5. The summed E-state index contributed by atoms with van der Waals surface area (Å²) in [5, 5.41) is 11.8. The monoisotopic (exact) mass is 524 g/mol. The van der Waals surface area contributed by atoms with E-state index in [2.05, 4.69) is 15.5 Å². The fourth-order valence-corrected chi connectivity index (χ4v) is 4.52. The summed E-state index contributed by atoms with van der Waals surface area (Å²) in [5.74, 6) is -0.990. The highest BCUT2D eigenvalue weighted by atomic mass is 32.1. The fourth-order valence-electron chi connectivity index (χ4n) is 3.75. The van der Waals surface area contributed by atoms with Gasteiger partial charge in [-0.1, -0.05) is 78.1 Å². The predicted octanol–water partition coefficient (Wildman–Crippen LogP) is 6.46. The first kappa shape index (κ1) is 26.0. The van der Waals surface area contributed by atoms with Crippen LogP contribution in [0.4, 0.5) is 18.3 Å². The number of carbonyl (C=O) groups is 2. The molecule has 1 atom stereocenters. The Morgan fingerprint density at radius 1 is 0.946 bits per heavy atom. The van der Waals surface area contributed by atoms with Crippen molar-refractivity contribution in [2.45, 2.75) is 25.6 Å². The molecular formula is C27H23F3N4O2S. The number of anilines is 1. The Labute approximate surface area is 215 Å². The Morgan fingerprint density at radius 3 is 2.30 bits per heavy atom. The van der Waals surface area contributed by atoms with E-state index in [-0.39, 0.29) is 18.5 Å². The summed E-state index contributed by atoms with van der Waals surface area (Å²) in [6.07, 6.45) is -4.66. The summed E-state index contributed by atoms with van der Waals surface area (Å²) in [7, 11) is 0.